The number of carboxylic acid groups (broad SMARTS) is 3. The van der Waals surface area contributed by atoms with Gasteiger partial charge in [-0.05, 0) is 299 Å². The van der Waals surface area contributed by atoms with Crippen LogP contribution in [-0.4, -0.2) is 140 Å². The van der Waals surface area contributed by atoms with Crippen molar-refractivity contribution in [3.63, 3.8) is 0 Å². The Labute approximate surface area is 715 Å². The highest BCUT2D eigenvalue weighted by atomic mass is 35.5. The van der Waals surface area contributed by atoms with E-state index in [4.69, 9.17) is 63.2 Å². The van der Waals surface area contributed by atoms with Gasteiger partial charge in [0.15, 0.2) is 34.2 Å². The Morgan fingerprint density at radius 1 is 0.325 bits per heavy atom. The standard InChI is InChI=1S/3C32H34ClNO6/c3*1-20-16-22(17-21(2)29(20)40-32(3,4)30(36)37)10-11-24-18-34(31(38)39-26-8-6-5-7-9-26)19-27(24)28(35)23-12-14-25(33)15-13-23/h3*5-9,12-17,24,27H,10-11,18-19H2,1-4H3,(H,36,37)/t3*24-,27-/m100/s1. The lowest BCUT2D eigenvalue weighted by Crippen LogP contribution is -2.38. The number of likely N-dealkylation sites (tertiary alicyclic amines) is 3. The highest BCUT2D eigenvalue weighted by molar-refractivity contribution is 6.31. The Balaban J connectivity index is 0.000000189. The molecule has 0 unspecified atom stereocenters. The minimum absolute atomic E-state index is 0.0244. The van der Waals surface area contributed by atoms with Crippen LogP contribution in [0, 0.1) is 77.0 Å². The van der Waals surface area contributed by atoms with Gasteiger partial charge in [-0.3, -0.25) is 14.4 Å². The minimum atomic E-state index is -1.35. The molecular weight excluding hydrogens is 1590 g/mol. The summed E-state index contributed by atoms with van der Waals surface area (Å²) in [6.45, 7) is 22.5. The predicted molar refractivity (Wildman–Crippen MR) is 460 cm³/mol. The molecule has 0 bridgehead atoms. The molecule has 3 aliphatic rings. The molecule has 3 saturated heterocycles. The van der Waals surface area contributed by atoms with Gasteiger partial charge in [-0.25, -0.2) is 28.8 Å². The van der Waals surface area contributed by atoms with Crippen LogP contribution in [0.1, 0.15) is 142 Å². The number of hydrogen-bond acceptors (Lipinski definition) is 15. The summed E-state index contributed by atoms with van der Waals surface area (Å²) in [4.78, 5) is 119. The van der Waals surface area contributed by atoms with Crippen molar-refractivity contribution in [3.05, 3.63) is 282 Å². The number of rotatable bonds is 27. The number of ketones is 3. The fraction of sp³-hybridized carbons (Fsp3) is 0.344. The summed E-state index contributed by atoms with van der Waals surface area (Å²) in [7, 11) is 0. The van der Waals surface area contributed by atoms with Crippen molar-refractivity contribution in [2.75, 3.05) is 39.3 Å². The van der Waals surface area contributed by atoms with Gasteiger partial charge < -0.3 is 58.4 Å². The third-order valence-electron chi connectivity index (χ3n) is 21.9. The smallest absolute Gasteiger partial charge is 0.415 e. The molecule has 120 heavy (non-hydrogen) atoms. The van der Waals surface area contributed by atoms with Gasteiger partial charge in [0.1, 0.15) is 34.5 Å². The monoisotopic (exact) mass is 1690 g/mol. The molecule has 0 aromatic heterocycles. The quantitative estimate of drug-likeness (QED) is 0.0403. The molecule has 3 heterocycles. The minimum Gasteiger partial charge on any atom is -0.478 e. The van der Waals surface area contributed by atoms with E-state index in [2.05, 4.69) is 0 Å². The molecule has 3 fully saturated rings. The second-order valence-electron chi connectivity index (χ2n) is 32.5. The summed E-state index contributed by atoms with van der Waals surface area (Å²) in [6, 6.07) is 59.1. The zero-order valence-corrected chi connectivity index (χ0v) is 71.7. The molecular formula is C96H102Cl3N3O18. The van der Waals surface area contributed by atoms with Gasteiger partial charge in [-0.15, -0.1) is 0 Å². The number of aryl methyl sites for hydroxylation is 9. The van der Waals surface area contributed by atoms with Crippen molar-refractivity contribution >= 4 is 88.3 Å². The van der Waals surface area contributed by atoms with Gasteiger partial charge in [-0.1, -0.05) is 126 Å². The highest BCUT2D eigenvalue weighted by Gasteiger charge is 2.44. The molecule has 6 atom stereocenters. The Kier molecular flexibility index (Phi) is 30.3. The number of aliphatic carboxylic acids is 3. The van der Waals surface area contributed by atoms with E-state index >= 15 is 0 Å². The highest BCUT2D eigenvalue weighted by Crippen LogP contribution is 2.39. The Hall–Kier alpha value is -11.5. The maximum absolute atomic E-state index is 13.6. The topological polar surface area (TPSA) is 279 Å². The summed E-state index contributed by atoms with van der Waals surface area (Å²) in [6.07, 6.45) is 2.66. The maximum atomic E-state index is 13.6. The lowest BCUT2D eigenvalue weighted by Gasteiger charge is -2.25. The number of benzene rings is 9. The van der Waals surface area contributed by atoms with Gasteiger partial charge in [-0.2, -0.15) is 0 Å². The number of amides is 3. The number of Topliss-reactive ketones (excluding diaryl/α,β-unsaturated/α-hetero) is 3. The lowest BCUT2D eigenvalue weighted by molar-refractivity contribution is -0.152. The van der Waals surface area contributed by atoms with Gasteiger partial charge in [0.25, 0.3) is 0 Å². The van der Waals surface area contributed by atoms with E-state index < -0.39 is 53.0 Å². The number of carboxylic acids is 3. The normalized spacial score (nSPS) is 17.0. The SMILES string of the molecule is Cc1cc(CC[C@@H]2CN(C(=O)Oc3ccccc3)C[C@H]2C(=O)c2ccc(Cl)cc2)cc(C)c1OC(C)(C)C(=O)O.Cc1cc(CC[C@H]2CN(C(=O)Oc3ccccc3)C[C@@H]2C(=O)c2ccc(Cl)cc2)cc(C)c1OC(C)(C)C(=O)O.Cc1cc(CC[C@H]2CN(C(=O)Oc3ccccc3)C[C@@H]2C(=O)c2ccc(Cl)cc2)cc(C)c1OC(C)(C)C(=O)O. The molecule has 0 radical (unpaired) electrons. The molecule has 12 rings (SSSR count). The van der Waals surface area contributed by atoms with Gasteiger partial charge in [0.05, 0.1) is 0 Å². The molecule has 24 heteroatoms. The van der Waals surface area contributed by atoms with Crippen molar-refractivity contribution in [3.8, 4) is 34.5 Å². The van der Waals surface area contributed by atoms with E-state index in [1.54, 1.807) is 160 Å². The van der Waals surface area contributed by atoms with E-state index in [9.17, 15) is 58.5 Å². The van der Waals surface area contributed by atoms with Crippen LogP contribution in [0.15, 0.2) is 200 Å². The van der Waals surface area contributed by atoms with Crippen LogP contribution >= 0.6 is 34.8 Å². The van der Waals surface area contributed by atoms with Crippen LogP contribution in [0.4, 0.5) is 14.4 Å². The van der Waals surface area contributed by atoms with Crippen molar-refractivity contribution in [2.24, 2.45) is 35.5 Å². The second kappa shape index (κ2) is 40.0. The first-order chi connectivity index (χ1) is 56.8. The fourth-order valence-corrected chi connectivity index (χ4v) is 15.6. The summed E-state index contributed by atoms with van der Waals surface area (Å²) in [5.41, 5.74) is 5.86. The summed E-state index contributed by atoms with van der Waals surface area (Å²) >= 11 is 18.1. The number of carbonyl (C=O) groups excluding carboxylic acids is 6. The van der Waals surface area contributed by atoms with E-state index in [1.807, 2.05) is 96.1 Å². The molecule has 0 spiro atoms. The molecule has 630 valence electrons. The molecule has 0 saturated carbocycles. The Morgan fingerprint density at radius 2 is 0.533 bits per heavy atom. The summed E-state index contributed by atoms with van der Waals surface area (Å²) in [5.74, 6) is -1.53. The second-order valence-corrected chi connectivity index (χ2v) is 33.8. The van der Waals surface area contributed by atoms with Crippen LogP contribution in [0.5, 0.6) is 34.5 Å². The Morgan fingerprint density at radius 3 is 0.733 bits per heavy atom. The average Bonchev–Trinajstić information content (AvgIpc) is 1.76. The van der Waals surface area contributed by atoms with Crippen LogP contribution in [0.25, 0.3) is 0 Å². The van der Waals surface area contributed by atoms with Gasteiger partial charge in [0.2, 0.25) is 0 Å². The first-order valence-corrected chi connectivity index (χ1v) is 41.0. The van der Waals surface area contributed by atoms with E-state index in [1.165, 1.54) is 41.5 Å². The zero-order chi connectivity index (χ0) is 87.1. The predicted octanol–water partition coefficient (Wildman–Crippen LogP) is 20.3. The first-order valence-electron chi connectivity index (χ1n) is 39.9. The molecule has 0 aliphatic carbocycles. The number of nitrogens with zero attached hydrogens (tertiary/aromatic N) is 3. The zero-order valence-electron chi connectivity index (χ0n) is 69.4. The number of halogens is 3. The maximum Gasteiger partial charge on any atom is 0.415 e. The molecule has 3 amide bonds. The van der Waals surface area contributed by atoms with Crippen LogP contribution < -0.4 is 28.4 Å². The number of ether oxygens (including phenoxy) is 6. The van der Waals surface area contributed by atoms with Crippen LogP contribution in [-0.2, 0) is 33.6 Å². The van der Waals surface area contributed by atoms with E-state index in [0.29, 0.717) is 124 Å². The third-order valence-corrected chi connectivity index (χ3v) is 22.7. The van der Waals surface area contributed by atoms with Crippen molar-refractivity contribution in [2.45, 2.75) is 138 Å². The van der Waals surface area contributed by atoms with Gasteiger partial charge in [0, 0.05) is 88.8 Å². The first kappa shape index (κ1) is 90.8. The van der Waals surface area contributed by atoms with E-state index in [-0.39, 0.29) is 72.5 Å². The number of hydrogen-bond donors (Lipinski definition) is 3. The van der Waals surface area contributed by atoms with Crippen molar-refractivity contribution in [1.29, 1.82) is 0 Å². The lowest BCUT2D eigenvalue weighted by atomic mass is 9.84. The summed E-state index contributed by atoms with van der Waals surface area (Å²) in [5, 5.41) is 30.0. The van der Waals surface area contributed by atoms with Crippen molar-refractivity contribution < 1.29 is 86.9 Å². The van der Waals surface area contributed by atoms with Crippen LogP contribution in [0.2, 0.25) is 15.1 Å². The average molecular weight is 1690 g/mol. The van der Waals surface area contributed by atoms with Crippen LogP contribution in [0.3, 0.4) is 0 Å². The van der Waals surface area contributed by atoms with E-state index in [0.717, 1.165) is 50.1 Å². The molecule has 3 aliphatic heterocycles. The molecule has 21 nitrogen and oxygen atoms in total. The molecule has 9 aromatic carbocycles. The number of para-hydroxylation sites is 3. The number of carbonyl (C=O) groups is 9. The van der Waals surface area contributed by atoms with Gasteiger partial charge >= 0.3 is 36.2 Å². The largest absolute Gasteiger partial charge is 0.478 e. The summed E-state index contributed by atoms with van der Waals surface area (Å²) < 4.78 is 34.2. The fourth-order valence-electron chi connectivity index (χ4n) is 15.3. The Bertz CT molecular complexity index is 4600. The van der Waals surface area contributed by atoms with Crippen molar-refractivity contribution in [1.82, 2.24) is 14.7 Å². The molecule has 3 N–H and O–H groups in total. The molecule has 9 aromatic rings. The third kappa shape index (κ3) is 23.9.